The zero-order valence-electron chi connectivity index (χ0n) is 11.0. The first-order chi connectivity index (χ1) is 7.39. The second kappa shape index (κ2) is 7.63. The van der Waals surface area contributed by atoms with E-state index in [0.29, 0.717) is 6.54 Å². The van der Waals surface area contributed by atoms with Crippen LogP contribution in [0.1, 0.15) is 40.5 Å². The number of carbonyl (C=O) groups is 1. The van der Waals surface area contributed by atoms with Gasteiger partial charge in [0.15, 0.2) is 0 Å². The van der Waals surface area contributed by atoms with E-state index in [0.717, 1.165) is 25.9 Å². The number of likely N-dealkylation sites (N-methyl/N-ethyl adjacent to an activating group) is 1. The lowest BCUT2D eigenvalue weighted by Crippen LogP contribution is -2.35. The summed E-state index contributed by atoms with van der Waals surface area (Å²) in [5.41, 5.74) is -0.415. The number of ether oxygens (including phenoxy) is 1. The van der Waals surface area contributed by atoms with Crippen molar-refractivity contribution in [1.82, 2.24) is 4.90 Å². The van der Waals surface area contributed by atoms with Crippen LogP contribution in [0.5, 0.6) is 0 Å². The highest BCUT2D eigenvalue weighted by Gasteiger charge is 2.17. The van der Waals surface area contributed by atoms with Gasteiger partial charge in [-0.1, -0.05) is 6.92 Å². The van der Waals surface area contributed by atoms with E-state index < -0.39 is 5.60 Å². The van der Waals surface area contributed by atoms with Crippen LogP contribution in [0.15, 0.2) is 0 Å². The van der Waals surface area contributed by atoms with Crippen molar-refractivity contribution in [2.75, 3.05) is 26.2 Å². The highest BCUT2D eigenvalue weighted by molar-refractivity contribution is 5.72. The maximum Gasteiger partial charge on any atom is 0.320 e. The summed E-state index contributed by atoms with van der Waals surface area (Å²) in [6.07, 6.45) is 1.69. The summed E-state index contributed by atoms with van der Waals surface area (Å²) in [5.74, 6) is -0.182. The summed E-state index contributed by atoms with van der Waals surface area (Å²) in [6.45, 7) is 9.82. The number of aliphatic hydroxyl groups is 1. The molecule has 0 aliphatic heterocycles. The molecule has 0 aromatic heterocycles. The topological polar surface area (TPSA) is 49.8 Å². The van der Waals surface area contributed by atoms with Gasteiger partial charge in [-0.3, -0.25) is 9.69 Å². The van der Waals surface area contributed by atoms with Gasteiger partial charge < -0.3 is 9.84 Å². The van der Waals surface area contributed by atoms with Gasteiger partial charge in [-0.25, -0.2) is 0 Å². The lowest BCUT2D eigenvalue weighted by Gasteiger charge is -2.23. The third kappa shape index (κ3) is 8.68. The molecule has 0 fully saturated rings. The van der Waals surface area contributed by atoms with Gasteiger partial charge in [0, 0.05) is 6.61 Å². The summed E-state index contributed by atoms with van der Waals surface area (Å²) in [7, 11) is 0. The van der Waals surface area contributed by atoms with Crippen LogP contribution in [0.2, 0.25) is 0 Å². The highest BCUT2D eigenvalue weighted by Crippen LogP contribution is 2.07. The Morgan fingerprint density at radius 2 is 1.94 bits per heavy atom. The monoisotopic (exact) mass is 231 g/mol. The van der Waals surface area contributed by atoms with Crippen LogP contribution in [0.3, 0.4) is 0 Å². The number of carbonyl (C=O) groups excluding carboxylic acids is 1. The van der Waals surface area contributed by atoms with Crippen molar-refractivity contribution < 1.29 is 14.6 Å². The average Bonchev–Trinajstić information content (AvgIpc) is 2.13. The predicted molar refractivity (Wildman–Crippen MR) is 64.3 cm³/mol. The number of esters is 1. The maximum absolute atomic E-state index is 11.5. The zero-order chi connectivity index (χ0) is 12.6. The quantitative estimate of drug-likeness (QED) is 0.532. The van der Waals surface area contributed by atoms with Crippen molar-refractivity contribution in [2.45, 2.75) is 46.1 Å². The van der Waals surface area contributed by atoms with Gasteiger partial charge in [0.25, 0.3) is 0 Å². The van der Waals surface area contributed by atoms with Crippen LogP contribution in [0.4, 0.5) is 0 Å². The molecule has 96 valence electrons. The number of hydrogen-bond acceptors (Lipinski definition) is 4. The molecule has 0 atom stereocenters. The predicted octanol–water partition coefficient (Wildman–Crippen LogP) is 1.42. The second-order valence-corrected chi connectivity index (χ2v) is 4.89. The Kier molecular flexibility index (Phi) is 7.34. The number of aliphatic hydroxyl groups excluding tert-OH is 1. The summed E-state index contributed by atoms with van der Waals surface area (Å²) in [4.78, 5) is 13.6. The third-order valence-corrected chi connectivity index (χ3v) is 2.10. The molecule has 0 saturated heterocycles. The molecule has 0 rings (SSSR count). The first-order valence-corrected chi connectivity index (χ1v) is 5.94. The Labute approximate surface area is 98.6 Å². The van der Waals surface area contributed by atoms with E-state index >= 15 is 0 Å². The summed E-state index contributed by atoms with van der Waals surface area (Å²) in [5, 5.41) is 8.68. The molecule has 0 aliphatic rings. The molecule has 0 spiro atoms. The van der Waals surface area contributed by atoms with E-state index in [1.165, 1.54) is 0 Å². The van der Waals surface area contributed by atoms with Crippen molar-refractivity contribution in [3.8, 4) is 0 Å². The molecule has 16 heavy (non-hydrogen) atoms. The van der Waals surface area contributed by atoms with Gasteiger partial charge in [0.05, 0.1) is 6.54 Å². The molecule has 0 aromatic carbocycles. The molecule has 0 radical (unpaired) electrons. The Balaban J connectivity index is 3.88. The fraction of sp³-hybridized carbons (Fsp3) is 0.917. The van der Waals surface area contributed by atoms with Gasteiger partial charge in [0.2, 0.25) is 0 Å². The molecule has 0 unspecified atom stereocenters. The lowest BCUT2D eigenvalue weighted by molar-refractivity contribution is -0.156. The van der Waals surface area contributed by atoms with E-state index in [9.17, 15) is 4.79 Å². The van der Waals surface area contributed by atoms with Crippen LogP contribution in [-0.4, -0.2) is 47.8 Å². The molecule has 0 aromatic rings. The maximum atomic E-state index is 11.5. The fourth-order valence-electron chi connectivity index (χ4n) is 1.35. The van der Waals surface area contributed by atoms with Gasteiger partial charge in [-0.2, -0.15) is 0 Å². The normalized spacial score (nSPS) is 11.9. The second-order valence-electron chi connectivity index (χ2n) is 4.89. The first kappa shape index (κ1) is 15.4. The largest absolute Gasteiger partial charge is 0.459 e. The highest BCUT2D eigenvalue weighted by atomic mass is 16.6. The van der Waals surface area contributed by atoms with Crippen LogP contribution in [0.25, 0.3) is 0 Å². The Bertz CT molecular complexity index is 199. The molecule has 4 nitrogen and oxygen atoms in total. The first-order valence-electron chi connectivity index (χ1n) is 5.94. The Morgan fingerprint density at radius 3 is 2.38 bits per heavy atom. The number of unbranched alkanes of at least 4 members (excludes halogenated alkanes) is 1. The van der Waals surface area contributed by atoms with Crippen molar-refractivity contribution in [3.05, 3.63) is 0 Å². The minimum absolute atomic E-state index is 0.182. The van der Waals surface area contributed by atoms with Crippen molar-refractivity contribution in [2.24, 2.45) is 0 Å². The molecule has 0 saturated carbocycles. The van der Waals surface area contributed by atoms with Gasteiger partial charge >= 0.3 is 5.97 Å². The van der Waals surface area contributed by atoms with Crippen molar-refractivity contribution >= 4 is 5.97 Å². The molecular formula is C12H25NO3. The van der Waals surface area contributed by atoms with Crippen LogP contribution < -0.4 is 0 Å². The summed E-state index contributed by atoms with van der Waals surface area (Å²) < 4.78 is 5.25. The molecule has 0 heterocycles. The zero-order valence-corrected chi connectivity index (χ0v) is 11.0. The number of hydrogen-bond donors (Lipinski definition) is 1. The van der Waals surface area contributed by atoms with E-state index in [-0.39, 0.29) is 12.6 Å². The van der Waals surface area contributed by atoms with E-state index in [4.69, 9.17) is 9.84 Å². The Hall–Kier alpha value is -0.610. The molecule has 0 bridgehead atoms. The fourth-order valence-corrected chi connectivity index (χ4v) is 1.35. The average molecular weight is 231 g/mol. The lowest BCUT2D eigenvalue weighted by atomic mass is 10.2. The number of rotatable bonds is 7. The van der Waals surface area contributed by atoms with Crippen LogP contribution in [-0.2, 0) is 9.53 Å². The summed E-state index contributed by atoms with van der Waals surface area (Å²) >= 11 is 0. The smallest absolute Gasteiger partial charge is 0.320 e. The molecule has 1 N–H and O–H groups in total. The van der Waals surface area contributed by atoms with E-state index in [1.807, 2.05) is 32.6 Å². The minimum Gasteiger partial charge on any atom is -0.459 e. The third-order valence-electron chi connectivity index (χ3n) is 2.10. The van der Waals surface area contributed by atoms with Gasteiger partial charge in [0.1, 0.15) is 5.60 Å². The standard InChI is InChI=1S/C12H25NO3/c1-5-13(8-6-7-9-14)10-11(15)16-12(2,3)4/h14H,5-10H2,1-4H3. The molecule has 4 heteroatoms. The minimum atomic E-state index is -0.415. The van der Waals surface area contributed by atoms with Crippen molar-refractivity contribution in [3.63, 3.8) is 0 Å². The Morgan fingerprint density at radius 1 is 1.31 bits per heavy atom. The van der Waals surface area contributed by atoms with Gasteiger partial charge in [-0.05, 0) is 46.7 Å². The van der Waals surface area contributed by atoms with E-state index in [1.54, 1.807) is 0 Å². The van der Waals surface area contributed by atoms with Crippen molar-refractivity contribution in [1.29, 1.82) is 0 Å². The summed E-state index contributed by atoms with van der Waals surface area (Å²) in [6, 6.07) is 0. The van der Waals surface area contributed by atoms with Crippen LogP contribution >= 0.6 is 0 Å². The SMILES string of the molecule is CCN(CCCCO)CC(=O)OC(C)(C)C. The van der Waals surface area contributed by atoms with Crippen LogP contribution in [0, 0.1) is 0 Å². The van der Waals surface area contributed by atoms with Gasteiger partial charge in [-0.15, -0.1) is 0 Å². The molecule has 0 aliphatic carbocycles. The molecular weight excluding hydrogens is 206 g/mol. The number of nitrogens with zero attached hydrogens (tertiary/aromatic N) is 1. The van der Waals surface area contributed by atoms with E-state index in [2.05, 4.69) is 0 Å². The molecule has 0 amide bonds.